The van der Waals surface area contributed by atoms with E-state index >= 15 is 0 Å². The van der Waals surface area contributed by atoms with E-state index in [0.717, 1.165) is 43.1 Å². The van der Waals surface area contributed by atoms with Gasteiger partial charge in [-0.25, -0.2) is 8.42 Å². The molecular formula is C28H38ClN3O4S. The summed E-state index contributed by atoms with van der Waals surface area (Å²) in [7, 11) is -3.59. The van der Waals surface area contributed by atoms with Crippen molar-refractivity contribution >= 4 is 39.1 Å². The number of anilines is 1. The van der Waals surface area contributed by atoms with Crippen LogP contribution in [0.5, 0.6) is 0 Å². The zero-order valence-corrected chi connectivity index (χ0v) is 23.7. The lowest BCUT2D eigenvalue weighted by atomic mass is 10.1. The maximum Gasteiger partial charge on any atom is 0.242 e. The van der Waals surface area contributed by atoms with Crippen molar-refractivity contribution in [2.75, 3.05) is 17.1 Å². The maximum absolute atomic E-state index is 13.5. The van der Waals surface area contributed by atoms with Crippen LogP contribution in [-0.4, -0.2) is 50.0 Å². The summed E-state index contributed by atoms with van der Waals surface area (Å²) in [5.74, 6) is -0.338. The van der Waals surface area contributed by atoms with Gasteiger partial charge >= 0.3 is 0 Å². The van der Waals surface area contributed by atoms with Gasteiger partial charge in [0.05, 0.1) is 11.9 Å². The van der Waals surface area contributed by atoms with E-state index in [-0.39, 0.29) is 30.8 Å². The van der Waals surface area contributed by atoms with Gasteiger partial charge < -0.3 is 10.2 Å². The standard InChI is InChI=1S/C28H38ClN3O4S/c1-20-11-5-6-12-23(20)19-31(22(3)28(34)30-24-13-7-8-14-24)27(33)17-10-18-32(37(4,35)36)26-16-9-15-25(29)21(26)2/h5-6,9,11-12,15-16,22,24H,7-8,10,13-14,17-19H2,1-4H3,(H,30,34)/t22-/m0/s1. The molecule has 0 heterocycles. The second-order valence-electron chi connectivity index (χ2n) is 9.94. The van der Waals surface area contributed by atoms with Crippen LogP contribution < -0.4 is 9.62 Å². The van der Waals surface area contributed by atoms with Crippen molar-refractivity contribution in [3.8, 4) is 0 Å². The van der Waals surface area contributed by atoms with Gasteiger partial charge in [0, 0.05) is 30.6 Å². The number of rotatable bonds is 11. The monoisotopic (exact) mass is 547 g/mol. The van der Waals surface area contributed by atoms with Crippen molar-refractivity contribution < 1.29 is 18.0 Å². The number of sulfonamides is 1. The molecule has 202 valence electrons. The van der Waals surface area contributed by atoms with Gasteiger partial charge in [-0.1, -0.05) is 54.8 Å². The number of nitrogens with zero attached hydrogens (tertiary/aromatic N) is 2. The van der Waals surface area contributed by atoms with E-state index < -0.39 is 16.1 Å². The molecule has 9 heteroatoms. The van der Waals surface area contributed by atoms with Crippen LogP contribution in [0.4, 0.5) is 5.69 Å². The van der Waals surface area contributed by atoms with Crippen LogP contribution in [0, 0.1) is 13.8 Å². The van der Waals surface area contributed by atoms with E-state index in [9.17, 15) is 18.0 Å². The minimum absolute atomic E-state index is 0.110. The van der Waals surface area contributed by atoms with E-state index in [1.807, 2.05) is 31.2 Å². The van der Waals surface area contributed by atoms with Crippen molar-refractivity contribution in [1.82, 2.24) is 10.2 Å². The van der Waals surface area contributed by atoms with Gasteiger partial charge in [0.15, 0.2) is 0 Å². The first kappa shape index (κ1) is 29.0. The quantitative estimate of drug-likeness (QED) is 0.430. The van der Waals surface area contributed by atoms with Gasteiger partial charge in [-0.15, -0.1) is 0 Å². The molecule has 0 saturated heterocycles. The van der Waals surface area contributed by atoms with Gasteiger partial charge in [-0.3, -0.25) is 13.9 Å². The van der Waals surface area contributed by atoms with E-state index in [4.69, 9.17) is 11.6 Å². The van der Waals surface area contributed by atoms with Crippen molar-refractivity contribution in [3.63, 3.8) is 0 Å². The lowest BCUT2D eigenvalue weighted by Gasteiger charge is -2.31. The molecule has 37 heavy (non-hydrogen) atoms. The lowest BCUT2D eigenvalue weighted by Crippen LogP contribution is -2.49. The third kappa shape index (κ3) is 7.71. The summed E-state index contributed by atoms with van der Waals surface area (Å²) in [6.45, 7) is 5.97. The van der Waals surface area contributed by atoms with Crippen LogP contribution in [0.25, 0.3) is 0 Å². The number of nitrogens with one attached hydrogen (secondary N) is 1. The smallest absolute Gasteiger partial charge is 0.242 e. The lowest BCUT2D eigenvalue weighted by molar-refractivity contribution is -0.141. The van der Waals surface area contributed by atoms with Crippen LogP contribution in [0.3, 0.4) is 0 Å². The minimum Gasteiger partial charge on any atom is -0.352 e. The Balaban J connectivity index is 1.75. The molecule has 1 N–H and O–H groups in total. The van der Waals surface area contributed by atoms with Crippen LogP contribution in [0.1, 0.15) is 62.1 Å². The zero-order valence-electron chi connectivity index (χ0n) is 22.2. The number of carbonyl (C=O) groups excluding carboxylic acids is 2. The Hall–Kier alpha value is -2.58. The summed E-state index contributed by atoms with van der Waals surface area (Å²) >= 11 is 6.23. The highest BCUT2D eigenvalue weighted by atomic mass is 35.5. The molecule has 1 aliphatic rings. The second-order valence-corrected chi connectivity index (χ2v) is 12.3. The van der Waals surface area contributed by atoms with Gasteiger partial charge in [-0.05, 0) is 68.9 Å². The molecule has 7 nitrogen and oxygen atoms in total. The molecule has 1 fully saturated rings. The first-order valence-corrected chi connectivity index (χ1v) is 15.1. The summed E-state index contributed by atoms with van der Waals surface area (Å²) in [4.78, 5) is 28.2. The number of amides is 2. The molecule has 2 aromatic rings. The van der Waals surface area contributed by atoms with Crippen LogP contribution >= 0.6 is 11.6 Å². The van der Waals surface area contributed by atoms with Crippen molar-refractivity contribution in [2.45, 2.75) is 77.9 Å². The molecule has 2 aromatic carbocycles. The van der Waals surface area contributed by atoms with Crippen LogP contribution in [-0.2, 0) is 26.2 Å². The molecule has 0 aliphatic heterocycles. The molecule has 1 atom stereocenters. The van der Waals surface area contributed by atoms with Crippen molar-refractivity contribution in [2.24, 2.45) is 0 Å². The molecule has 0 unspecified atom stereocenters. The Kier molecular flexibility index (Phi) is 10.0. The van der Waals surface area contributed by atoms with E-state index in [1.54, 1.807) is 36.9 Å². The van der Waals surface area contributed by atoms with E-state index in [0.29, 0.717) is 29.2 Å². The fraction of sp³-hybridized carbons (Fsp3) is 0.500. The van der Waals surface area contributed by atoms with Crippen LogP contribution in [0.2, 0.25) is 5.02 Å². The average Bonchev–Trinajstić information content (AvgIpc) is 3.35. The number of aryl methyl sites for hydroxylation is 1. The first-order chi connectivity index (χ1) is 17.5. The van der Waals surface area contributed by atoms with Crippen molar-refractivity contribution in [3.05, 3.63) is 64.2 Å². The fourth-order valence-corrected chi connectivity index (χ4v) is 5.98. The highest BCUT2D eigenvalue weighted by molar-refractivity contribution is 7.92. The highest BCUT2D eigenvalue weighted by Crippen LogP contribution is 2.28. The molecule has 3 rings (SSSR count). The van der Waals surface area contributed by atoms with Gasteiger partial charge in [0.2, 0.25) is 21.8 Å². The Morgan fingerprint density at radius 1 is 1.08 bits per heavy atom. The normalized spacial score (nSPS) is 14.8. The summed E-state index contributed by atoms with van der Waals surface area (Å²) in [6.07, 6.45) is 5.71. The average molecular weight is 548 g/mol. The van der Waals surface area contributed by atoms with Gasteiger partial charge in [0.1, 0.15) is 6.04 Å². The number of hydrogen-bond acceptors (Lipinski definition) is 4. The largest absolute Gasteiger partial charge is 0.352 e. The summed E-state index contributed by atoms with van der Waals surface area (Å²) in [6, 6.07) is 12.5. The number of benzene rings is 2. The zero-order chi connectivity index (χ0) is 27.2. The van der Waals surface area contributed by atoms with Crippen molar-refractivity contribution in [1.29, 1.82) is 0 Å². The molecule has 0 spiro atoms. The fourth-order valence-electron chi connectivity index (χ4n) is 4.79. The van der Waals surface area contributed by atoms with Gasteiger partial charge in [-0.2, -0.15) is 0 Å². The predicted molar refractivity (Wildman–Crippen MR) is 149 cm³/mol. The maximum atomic E-state index is 13.5. The summed E-state index contributed by atoms with van der Waals surface area (Å²) in [5.41, 5.74) is 3.19. The number of carbonyl (C=O) groups is 2. The Morgan fingerprint density at radius 3 is 2.41 bits per heavy atom. The van der Waals surface area contributed by atoms with Crippen LogP contribution in [0.15, 0.2) is 42.5 Å². The number of hydrogen-bond donors (Lipinski definition) is 1. The van der Waals surface area contributed by atoms with E-state index in [1.165, 1.54) is 4.31 Å². The molecule has 2 amide bonds. The minimum atomic E-state index is -3.59. The summed E-state index contributed by atoms with van der Waals surface area (Å²) in [5, 5.41) is 3.59. The molecule has 1 aliphatic carbocycles. The van der Waals surface area contributed by atoms with Gasteiger partial charge in [0.25, 0.3) is 0 Å². The third-order valence-electron chi connectivity index (χ3n) is 7.13. The molecule has 1 saturated carbocycles. The highest BCUT2D eigenvalue weighted by Gasteiger charge is 2.29. The topological polar surface area (TPSA) is 86.8 Å². The van der Waals surface area contributed by atoms with E-state index in [2.05, 4.69) is 5.32 Å². The second kappa shape index (κ2) is 12.8. The molecule has 0 bridgehead atoms. The predicted octanol–water partition coefficient (Wildman–Crippen LogP) is 4.98. The Labute approximate surface area is 226 Å². The third-order valence-corrected chi connectivity index (χ3v) is 8.72. The summed E-state index contributed by atoms with van der Waals surface area (Å²) < 4.78 is 26.5. The molecular weight excluding hydrogens is 510 g/mol. The first-order valence-electron chi connectivity index (χ1n) is 12.9. The molecule has 0 radical (unpaired) electrons. The SMILES string of the molecule is Cc1ccccc1CN(C(=O)CCCN(c1cccc(Cl)c1C)S(C)(=O)=O)[C@@H](C)C(=O)NC1CCCC1. The Bertz CT molecular complexity index is 1210. The number of halogens is 1. The molecule has 0 aromatic heterocycles. The Morgan fingerprint density at radius 2 is 1.76 bits per heavy atom.